The number of amides is 3. The average molecular weight is 670 g/mol. The van der Waals surface area contributed by atoms with Crippen molar-refractivity contribution < 1.29 is 33.9 Å². The maximum atomic E-state index is 13.9. The van der Waals surface area contributed by atoms with Gasteiger partial charge < -0.3 is 25.7 Å². The van der Waals surface area contributed by atoms with Crippen LogP contribution in [0.15, 0.2) is 118 Å². The second-order valence-corrected chi connectivity index (χ2v) is 12.2. The highest BCUT2D eigenvalue weighted by Gasteiger charge is 2.54. The van der Waals surface area contributed by atoms with Crippen LogP contribution in [0.4, 0.5) is 4.79 Å². The number of benzene rings is 3. The lowest BCUT2D eigenvalue weighted by Crippen LogP contribution is -2.71. The molecule has 1 fully saturated rings. The zero-order chi connectivity index (χ0) is 33.0. The fourth-order valence-corrected chi connectivity index (χ4v) is 7.35. The lowest BCUT2D eigenvalue weighted by Gasteiger charge is -2.49. The third-order valence-electron chi connectivity index (χ3n) is 7.63. The number of hydrogen-bond donors (Lipinski definition) is 3. The van der Waals surface area contributed by atoms with E-state index in [-0.39, 0.29) is 35.0 Å². The molecule has 238 valence electrons. The molecule has 2 aliphatic heterocycles. The van der Waals surface area contributed by atoms with Gasteiger partial charge in [0, 0.05) is 33.4 Å². The van der Waals surface area contributed by atoms with E-state index in [1.807, 2.05) is 91.0 Å². The Morgan fingerprint density at radius 2 is 1.55 bits per heavy atom. The van der Waals surface area contributed by atoms with Gasteiger partial charge >= 0.3 is 12.1 Å². The predicted octanol–water partition coefficient (Wildman–Crippen LogP) is 3.69. The Morgan fingerprint density at radius 1 is 0.979 bits per heavy atom. The van der Waals surface area contributed by atoms with Crippen molar-refractivity contribution in [2.24, 2.45) is 10.9 Å². The number of thioether (sulfide) groups is 1. The minimum absolute atomic E-state index is 0.139. The lowest BCUT2D eigenvalue weighted by atomic mass is 9.80. The topological polar surface area (TPSA) is 174 Å². The average Bonchev–Trinajstić information content (AvgIpc) is 3.63. The molecule has 0 aliphatic carbocycles. The van der Waals surface area contributed by atoms with E-state index in [9.17, 15) is 24.3 Å². The van der Waals surface area contributed by atoms with E-state index in [4.69, 9.17) is 15.3 Å². The number of hydrogen-bond acceptors (Lipinski definition) is 10. The fraction of sp³-hybridized carbons (Fsp3) is 0.152. The molecule has 1 aromatic heterocycles. The quantitative estimate of drug-likeness (QED) is 0.0932. The van der Waals surface area contributed by atoms with Gasteiger partial charge in [-0.05, 0) is 0 Å². The summed E-state index contributed by atoms with van der Waals surface area (Å²) >= 11 is 2.47. The van der Waals surface area contributed by atoms with E-state index in [1.165, 1.54) is 23.1 Å². The van der Waals surface area contributed by atoms with Crippen LogP contribution in [0.3, 0.4) is 0 Å². The molecule has 3 amide bonds. The molecule has 1 unspecified atom stereocenters. The SMILES string of the molecule is NC(=O)OCC1=C(C(=O)O)N2C(=O)C(NC(=O)/C(=N/OC(c3ccccc3)(c3ccccc3)c3ccccc3)c3cscn3)[C@H]2SC1. The maximum Gasteiger partial charge on any atom is 0.404 e. The van der Waals surface area contributed by atoms with Crippen molar-refractivity contribution in [3.8, 4) is 0 Å². The minimum Gasteiger partial charge on any atom is -0.477 e. The fourth-order valence-electron chi connectivity index (χ4n) is 5.49. The molecule has 0 spiro atoms. The normalized spacial score (nSPS) is 17.7. The third kappa shape index (κ3) is 6.07. The molecule has 4 N–H and O–H groups in total. The van der Waals surface area contributed by atoms with Gasteiger partial charge in [0.15, 0.2) is 5.71 Å². The van der Waals surface area contributed by atoms with Crippen LogP contribution in [-0.2, 0) is 29.6 Å². The number of fused-ring (bicyclic) bond motifs is 1. The van der Waals surface area contributed by atoms with Gasteiger partial charge in [0.1, 0.15) is 29.4 Å². The summed E-state index contributed by atoms with van der Waals surface area (Å²) in [6.07, 6.45) is -1.07. The highest BCUT2D eigenvalue weighted by Crippen LogP contribution is 2.42. The molecule has 12 nitrogen and oxygen atoms in total. The van der Waals surface area contributed by atoms with Crippen LogP contribution in [0, 0.1) is 0 Å². The van der Waals surface area contributed by atoms with Crippen molar-refractivity contribution in [1.29, 1.82) is 0 Å². The number of aliphatic carboxylic acids is 1. The highest BCUT2D eigenvalue weighted by atomic mass is 32.2. The van der Waals surface area contributed by atoms with Crippen molar-refractivity contribution in [1.82, 2.24) is 15.2 Å². The van der Waals surface area contributed by atoms with Crippen LogP contribution in [0.25, 0.3) is 0 Å². The molecule has 14 heteroatoms. The number of carboxylic acid groups (broad SMARTS) is 1. The zero-order valence-electron chi connectivity index (χ0n) is 24.5. The van der Waals surface area contributed by atoms with Crippen LogP contribution < -0.4 is 11.1 Å². The molecule has 6 rings (SSSR count). The lowest BCUT2D eigenvalue weighted by molar-refractivity contribution is -0.150. The number of nitrogens with one attached hydrogen (secondary N) is 1. The first-order chi connectivity index (χ1) is 22.8. The van der Waals surface area contributed by atoms with Gasteiger partial charge in [-0.3, -0.25) is 14.5 Å². The summed E-state index contributed by atoms with van der Waals surface area (Å²) in [6.45, 7) is -0.374. The van der Waals surface area contributed by atoms with Gasteiger partial charge in [-0.2, -0.15) is 0 Å². The number of oxime groups is 1. The summed E-state index contributed by atoms with van der Waals surface area (Å²) in [6, 6.07) is 27.4. The van der Waals surface area contributed by atoms with Crippen LogP contribution in [0.1, 0.15) is 22.4 Å². The standard InChI is InChI=1S/C33H27N5O7S2/c34-32(43)44-16-20-17-47-30-26(29(40)38(30)27(20)31(41)42)36-28(39)25(24-18-46-19-35-24)37-45-33(21-10-4-1-5-11-21,22-12-6-2-7-13-22)23-14-8-3-9-15-23/h1-15,18-19,26,30H,16-17H2,(H2,34,43)(H,36,39)(H,41,42)/b37-25+/t26?,30-/m1/s1. The number of aromatic nitrogens is 1. The van der Waals surface area contributed by atoms with Crippen LogP contribution >= 0.6 is 23.1 Å². The molecule has 3 heterocycles. The number of thiazole rings is 1. The highest BCUT2D eigenvalue weighted by molar-refractivity contribution is 8.00. The Bertz CT molecular complexity index is 1760. The van der Waals surface area contributed by atoms with Crippen LogP contribution in [0.2, 0.25) is 0 Å². The van der Waals surface area contributed by atoms with Crippen LogP contribution in [0.5, 0.6) is 0 Å². The van der Waals surface area contributed by atoms with E-state index in [2.05, 4.69) is 15.5 Å². The number of carbonyl (C=O) groups is 4. The van der Waals surface area contributed by atoms with E-state index in [1.54, 1.807) is 10.9 Å². The predicted molar refractivity (Wildman–Crippen MR) is 174 cm³/mol. The molecule has 2 atom stereocenters. The number of ether oxygens (including phenoxy) is 1. The third-order valence-corrected chi connectivity index (χ3v) is 9.56. The molecule has 3 aromatic carbocycles. The molecule has 2 aliphatic rings. The van der Waals surface area contributed by atoms with E-state index in [0.717, 1.165) is 21.6 Å². The van der Waals surface area contributed by atoms with Gasteiger partial charge in [-0.25, -0.2) is 14.6 Å². The number of nitrogens with two attached hydrogens (primary N) is 1. The summed E-state index contributed by atoms with van der Waals surface area (Å²) in [7, 11) is 0. The number of carbonyl (C=O) groups excluding carboxylic acids is 3. The first-order valence-electron chi connectivity index (χ1n) is 14.3. The summed E-state index contributed by atoms with van der Waals surface area (Å²) in [5.41, 5.74) is 7.54. The summed E-state index contributed by atoms with van der Waals surface area (Å²) < 4.78 is 4.78. The number of primary amides is 1. The van der Waals surface area contributed by atoms with Gasteiger partial charge in [0.25, 0.3) is 11.8 Å². The molecule has 0 bridgehead atoms. The van der Waals surface area contributed by atoms with Crippen molar-refractivity contribution in [2.75, 3.05) is 12.4 Å². The smallest absolute Gasteiger partial charge is 0.404 e. The maximum absolute atomic E-state index is 13.9. The van der Waals surface area contributed by atoms with Crippen molar-refractivity contribution in [3.05, 3.63) is 136 Å². The van der Waals surface area contributed by atoms with Gasteiger partial charge in [-0.15, -0.1) is 23.1 Å². The summed E-state index contributed by atoms with van der Waals surface area (Å²) in [4.78, 5) is 62.3. The van der Waals surface area contributed by atoms with E-state index in [0.29, 0.717) is 0 Å². The summed E-state index contributed by atoms with van der Waals surface area (Å²) in [5.74, 6) is -2.61. The van der Waals surface area contributed by atoms with Crippen LogP contribution in [-0.4, -0.2) is 68.4 Å². The number of carboxylic acids is 1. The molecule has 4 aromatic rings. The monoisotopic (exact) mass is 669 g/mol. The van der Waals surface area contributed by atoms with Crippen molar-refractivity contribution in [3.63, 3.8) is 0 Å². The molecule has 1 saturated heterocycles. The molecular formula is C33H27N5O7S2. The van der Waals surface area contributed by atoms with E-state index < -0.39 is 40.9 Å². The van der Waals surface area contributed by atoms with Gasteiger partial charge in [0.05, 0.1) is 5.51 Å². The van der Waals surface area contributed by atoms with Crippen molar-refractivity contribution >= 4 is 52.7 Å². The second-order valence-electron chi connectivity index (χ2n) is 10.4. The Morgan fingerprint density at radius 3 is 2.04 bits per heavy atom. The largest absolute Gasteiger partial charge is 0.477 e. The Hall–Kier alpha value is -5.47. The van der Waals surface area contributed by atoms with Gasteiger partial charge in [0.2, 0.25) is 5.60 Å². The first kappa shape index (κ1) is 31.5. The van der Waals surface area contributed by atoms with E-state index >= 15 is 0 Å². The molecular weight excluding hydrogens is 643 g/mol. The Balaban J connectivity index is 1.35. The molecule has 0 radical (unpaired) electrons. The number of rotatable bonds is 11. The molecule has 0 saturated carbocycles. The van der Waals surface area contributed by atoms with Crippen molar-refractivity contribution in [2.45, 2.75) is 17.0 Å². The number of nitrogens with zero attached hydrogens (tertiary/aromatic N) is 3. The first-order valence-corrected chi connectivity index (χ1v) is 16.2. The number of β-lactam (4-membered cyclic amide) rings is 1. The Kier molecular flexibility index (Phi) is 9.04. The Labute approximate surface area is 276 Å². The molecule has 47 heavy (non-hydrogen) atoms. The zero-order valence-corrected chi connectivity index (χ0v) is 26.1. The van der Waals surface area contributed by atoms with Gasteiger partial charge in [-0.1, -0.05) is 96.2 Å². The second kappa shape index (κ2) is 13.5. The summed E-state index contributed by atoms with van der Waals surface area (Å²) in [5, 5.41) is 18.0. The minimum atomic E-state index is -1.37.